The molecule has 4 atom stereocenters. The van der Waals surface area contributed by atoms with Crippen molar-refractivity contribution in [1.29, 1.82) is 0 Å². The van der Waals surface area contributed by atoms with Crippen LogP contribution in [-0.4, -0.2) is 46.7 Å². The molecule has 2 aliphatic carbocycles. The summed E-state index contributed by atoms with van der Waals surface area (Å²) in [4.78, 5) is 26.5. The fraction of sp³-hybridized carbons (Fsp3) is 0.424. The number of cyclic esters (lactones) is 1. The van der Waals surface area contributed by atoms with Gasteiger partial charge in [0, 0.05) is 23.8 Å². The molecule has 1 fully saturated rings. The zero-order chi connectivity index (χ0) is 29.2. The Morgan fingerprint density at radius 1 is 0.929 bits per heavy atom. The molecule has 220 valence electrons. The smallest absolute Gasteiger partial charge is 0.310 e. The summed E-state index contributed by atoms with van der Waals surface area (Å²) >= 11 is 0. The topological polar surface area (TPSA) is 98.8 Å². The molecule has 0 unspecified atom stereocenters. The van der Waals surface area contributed by atoms with Gasteiger partial charge in [0.2, 0.25) is 12.5 Å². The van der Waals surface area contributed by atoms with Crippen LogP contribution >= 0.6 is 0 Å². The highest BCUT2D eigenvalue weighted by molar-refractivity contribution is 5.79. The van der Waals surface area contributed by atoms with Gasteiger partial charge in [-0.1, -0.05) is 18.6 Å². The van der Waals surface area contributed by atoms with E-state index in [0.29, 0.717) is 35.2 Å². The van der Waals surface area contributed by atoms with E-state index < -0.39 is 17.9 Å². The first kappa shape index (κ1) is 27.8. The Morgan fingerprint density at radius 3 is 2.33 bits per heavy atom. The highest BCUT2D eigenvalue weighted by Crippen LogP contribution is 2.56. The van der Waals surface area contributed by atoms with Gasteiger partial charge in [0.15, 0.2) is 23.0 Å². The van der Waals surface area contributed by atoms with Crippen LogP contribution < -0.4 is 23.7 Å². The van der Waals surface area contributed by atoms with Gasteiger partial charge in [0.1, 0.15) is 6.10 Å². The molecule has 2 aliphatic heterocycles. The lowest BCUT2D eigenvalue weighted by Crippen LogP contribution is -2.36. The molecule has 6 rings (SSSR count). The fourth-order valence-electron chi connectivity index (χ4n) is 6.43. The minimum absolute atomic E-state index is 0.0922. The molecule has 9 heteroatoms. The molecule has 0 amide bonds. The highest BCUT2D eigenvalue weighted by Gasteiger charge is 2.54. The molecule has 0 N–H and O–H groups in total. The number of hydrogen-bond acceptors (Lipinski definition) is 9. The van der Waals surface area contributed by atoms with Gasteiger partial charge >= 0.3 is 11.9 Å². The minimum Gasteiger partial charge on any atom is -0.493 e. The summed E-state index contributed by atoms with van der Waals surface area (Å²) < 4.78 is 40.0. The van der Waals surface area contributed by atoms with Crippen LogP contribution in [-0.2, 0) is 19.1 Å². The predicted molar refractivity (Wildman–Crippen MR) is 151 cm³/mol. The molecular weight excluding hydrogens is 540 g/mol. The van der Waals surface area contributed by atoms with Crippen molar-refractivity contribution in [3.8, 4) is 28.7 Å². The maximum Gasteiger partial charge on any atom is 0.310 e. The second kappa shape index (κ2) is 11.9. The maximum atomic E-state index is 13.3. The second-order valence-corrected chi connectivity index (χ2v) is 10.8. The van der Waals surface area contributed by atoms with Gasteiger partial charge in [-0.15, -0.1) is 5.73 Å². The third kappa shape index (κ3) is 5.09. The monoisotopic (exact) mass is 574 g/mol. The number of ether oxygens (including phenoxy) is 7. The Morgan fingerprint density at radius 2 is 1.67 bits per heavy atom. The van der Waals surface area contributed by atoms with E-state index in [1.165, 1.54) is 5.57 Å². The van der Waals surface area contributed by atoms with Crippen molar-refractivity contribution in [1.82, 2.24) is 0 Å². The molecule has 0 spiro atoms. The number of esters is 2. The van der Waals surface area contributed by atoms with E-state index in [-0.39, 0.29) is 31.3 Å². The number of rotatable bonds is 11. The van der Waals surface area contributed by atoms with E-state index >= 15 is 0 Å². The highest BCUT2D eigenvalue weighted by atomic mass is 16.7. The molecule has 2 heterocycles. The molecule has 0 radical (unpaired) electrons. The summed E-state index contributed by atoms with van der Waals surface area (Å²) in [5.74, 6) is 0.492. The van der Waals surface area contributed by atoms with Gasteiger partial charge in [-0.05, 0) is 66.3 Å². The molecule has 0 bridgehead atoms. The van der Waals surface area contributed by atoms with Crippen LogP contribution in [0.2, 0.25) is 0 Å². The molecule has 42 heavy (non-hydrogen) atoms. The first-order valence-electron chi connectivity index (χ1n) is 14.2. The van der Waals surface area contributed by atoms with E-state index in [9.17, 15) is 9.59 Å². The molecule has 0 saturated carbocycles. The van der Waals surface area contributed by atoms with Crippen molar-refractivity contribution in [2.75, 3.05) is 34.7 Å². The fourth-order valence-corrected chi connectivity index (χ4v) is 6.43. The summed E-state index contributed by atoms with van der Waals surface area (Å²) in [6.07, 6.45) is 9.13. The van der Waals surface area contributed by atoms with Gasteiger partial charge in [-0.25, -0.2) is 0 Å². The number of methoxy groups -OCH3 is 3. The van der Waals surface area contributed by atoms with Crippen molar-refractivity contribution in [3.63, 3.8) is 0 Å². The normalized spacial score (nSPS) is 22.7. The van der Waals surface area contributed by atoms with Crippen LogP contribution in [0, 0.1) is 11.8 Å². The predicted octanol–water partition coefficient (Wildman–Crippen LogP) is 5.56. The van der Waals surface area contributed by atoms with E-state index in [1.807, 2.05) is 36.4 Å². The molecule has 2 aromatic carbocycles. The lowest BCUT2D eigenvalue weighted by Gasteiger charge is -2.38. The summed E-state index contributed by atoms with van der Waals surface area (Å²) in [7, 11) is 4.65. The van der Waals surface area contributed by atoms with E-state index in [4.69, 9.17) is 33.2 Å². The summed E-state index contributed by atoms with van der Waals surface area (Å²) in [5, 5.41) is 0. The number of carbonyl (C=O) groups excluding carboxylic acids is 2. The van der Waals surface area contributed by atoms with Gasteiger partial charge in [-0.3, -0.25) is 9.59 Å². The van der Waals surface area contributed by atoms with Crippen LogP contribution in [0.3, 0.4) is 0 Å². The summed E-state index contributed by atoms with van der Waals surface area (Å²) in [5.41, 5.74) is 6.76. The quantitative estimate of drug-likeness (QED) is 0.194. The van der Waals surface area contributed by atoms with Crippen LogP contribution in [0.5, 0.6) is 28.7 Å². The lowest BCUT2D eigenvalue weighted by atomic mass is 9.66. The maximum absolute atomic E-state index is 13.3. The Hall–Kier alpha value is -4.36. The number of fused-ring (bicyclic) bond motifs is 3. The standard InChI is InChI=1S/C33H34O9/c1-36-26-13-20(14-27(37-2)32(26)38-3)29-21-15-24-25(41-18-40-24)16-22(21)31(23-17-39-33(35)30(23)29)42-28(34)12-6-4-5-9-19-10-7-8-11-19/h7-8,10,13-16,23,29-31H,4-6,9,12,17-18H2,1-3H3/t23-,29+,30-,31-/m0/s1. The SMILES string of the molecule is COc1cc([C@@H]2c3cc4c(cc3[C@H](OC(=O)CCCCCC3=C=CC=C3)[C@H]3COC(=O)[C@H]23)OCO4)cc(OC)c1OC. The zero-order valence-corrected chi connectivity index (χ0v) is 24.0. The molecule has 2 aromatic rings. The first-order chi connectivity index (χ1) is 20.5. The number of allylic oxidation sites excluding steroid dienone is 3. The van der Waals surface area contributed by atoms with Crippen LogP contribution in [0.1, 0.15) is 60.8 Å². The molecular formula is C33H34O9. The Labute approximate surface area is 244 Å². The number of unbranched alkanes of at least 4 members (excludes halogenated alkanes) is 2. The first-order valence-corrected chi connectivity index (χ1v) is 14.2. The van der Waals surface area contributed by atoms with Gasteiger partial charge in [-0.2, -0.15) is 0 Å². The molecule has 9 nitrogen and oxygen atoms in total. The van der Waals surface area contributed by atoms with Gasteiger partial charge in [0.25, 0.3) is 0 Å². The van der Waals surface area contributed by atoms with Crippen molar-refractivity contribution in [3.05, 3.63) is 70.5 Å². The average molecular weight is 575 g/mol. The summed E-state index contributed by atoms with van der Waals surface area (Å²) in [6.45, 7) is 0.237. The molecule has 0 aromatic heterocycles. The Kier molecular flexibility index (Phi) is 7.85. The van der Waals surface area contributed by atoms with Gasteiger partial charge < -0.3 is 33.2 Å². The van der Waals surface area contributed by atoms with E-state index in [0.717, 1.165) is 42.4 Å². The number of carbonyl (C=O) groups is 2. The van der Waals surface area contributed by atoms with Crippen molar-refractivity contribution in [2.24, 2.45) is 11.8 Å². The van der Waals surface area contributed by atoms with Crippen molar-refractivity contribution < 1.29 is 42.7 Å². The minimum atomic E-state index is -0.671. The van der Waals surface area contributed by atoms with E-state index in [1.54, 1.807) is 21.3 Å². The van der Waals surface area contributed by atoms with E-state index in [2.05, 4.69) is 11.8 Å². The second-order valence-electron chi connectivity index (χ2n) is 10.8. The van der Waals surface area contributed by atoms with Crippen molar-refractivity contribution in [2.45, 2.75) is 44.1 Å². The third-order valence-electron chi connectivity index (χ3n) is 8.41. The largest absolute Gasteiger partial charge is 0.493 e. The van der Waals surface area contributed by atoms with Crippen molar-refractivity contribution >= 4 is 11.9 Å². The molecule has 4 aliphatic rings. The van der Waals surface area contributed by atoms with Crippen LogP contribution in [0.4, 0.5) is 0 Å². The third-order valence-corrected chi connectivity index (χ3v) is 8.41. The average Bonchev–Trinajstić information content (AvgIpc) is 3.77. The number of hydrogen-bond donors (Lipinski definition) is 0. The summed E-state index contributed by atoms with van der Waals surface area (Å²) in [6, 6.07) is 7.45. The Bertz CT molecular complexity index is 1460. The van der Waals surface area contributed by atoms with Crippen LogP contribution in [0.25, 0.3) is 0 Å². The van der Waals surface area contributed by atoms with Gasteiger partial charge in [0.05, 0.1) is 33.9 Å². The molecule has 1 saturated heterocycles. The number of benzene rings is 2. The Balaban J connectivity index is 1.31. The van der Waals surface area contributed by atoms with Crippen LogP contribution in [0.15, 0.2) is 53.8 Å². The zero-order valence-electron chi connectivity index (χ0n) is 24.0. The lowest BCUT2D eigenvalue weighted by molar-refractivity contribution is -0.154.